The van der Waals surface area contributed by atoms with E-state index in [1.54, 1.807) is 6.92 Å². The van der Waals surface area contributed by atoms with Gasteiger partial charge in [0.15, 0.2) is 0 Å². The summed E-state index contributed by atoms with van der Waals surface area (Å²) in [5.74, 6) is -0.0550. The zero-order valence-corrected chi connectivity index (χ0v) is 9.94. The van der Waals surface area contributed by atoms with Crippen molar-refractivity contribution in [2.45, 2.75) is 13.1 Å². The molecule has 17 heavy (non-hydrogen) atoms. The minimum atomic E-state index is -4.39. The maximum absolute atomic E-state index is 12.5. The fraction of sp³-hybridized carbons (Fsp3) is 0.455. The van der Waals surface area contributed by atoms with Crippen molar-refractivity contribution in [2.75, 3.05) is 18.5 Å². The number of nitrogens with one attached hydrogen (secondary N) is 1. The van der Waals surface area contributed by atoms with Crippen LogP contribution in [0.4, 0.5) is 18.9 Å². The molecule has 0 bridgehead atoms. The van der Waals surface area contributed by atoms with Gasteiger partial charge in [-0.25, -0.2) is 0 Å². The lowest BCUT2D eigenvalue weighted by Crippen LogP contribution is -2.15. The van der Waals surface area contributed by atoms with Crippen molar-refractivity contribution in [1.29, 1.82) is 0 Å². The van der Waals surface area contributed by atoms with Gasteiger partial charge >= 0.3 is 6.18 Å². The topological polar surface area (TPSA) is 32.3 Å². The number of benzene rings is 1. The maximum atomic E-state index is 12.5. The molecule has 0 aliphatic rings. The second-order valence-electron chi connectivity index (χ2n) is 3.86. The molecule has 2 nitrogen and oxygen atoms in total. The van der Waals surface area contributed by atoms with E-state index in [9.17, 15) is 13.2 Å². The predicted octanol–water partition coefficient (Wildman–Crippen LogP) is 3.40. The molecule has 6 heteroatoms. The van der Waals surface area contributed by atoms with Crippen LogP contribution in [0.1, 0.15) is 12.5 Å². The molecule has 1 aromatic carbocycles. The Kier molecular flexibility index (Phi) is 4.65. The molecule has 0 radical (unpaired) electrons. The minimum Gasteiger partial charge on any atom is -0.396 e. The van der Waals surface area contributed by atoms with E-state index in [2.05, 4.69) is 5.32 Å². The van der Waals surface area contributed by atoms with Gasteiger partial charge in [-0.05, 0) is 24.1 Å². The minimum absolute atomic E-state index is 0.0381. The number of hydrogen-bond acceptors (Lipinski definition) is 2. The third-order valence-corrected chi connectivity index (χ3v) is 2.58. The number of aliphatic hydroxyl groups excluding tert-OH is 1. The van der Waals surface area contributed by atoms with Crippen molar-refractivity contribution in [1.82, 2.24) is 0 Å². The molecule has 96 valence electrons. The third kappa shape index (κ3) is 4.09. The molecular formula is C11H13ClF3NO. The van der Waals surface area contributed by atoms with Gasteiger partial charge in [0.05, 0.1) is 16.3 Å². The average molecular weight is 268 g/mol. The lowest BCUT2D eigenvalue weighted by molar-refractivity contribution is -0.137. The zero-order chi connectivity index (χ0) is 13.1. The van der Waals surface area contributed by atoms with Crippen molar-refractivity contribution in [2.24, 2.45) is 5.92 Å². The predicted molar refractivity (Wildman–Crippen MR) is 61.2 cm³/mol. The van der Waals surface area contributed by atoms with E-state index in [1.807, 2.05) is 0 Å². The molecule has 0 spiro atoms. The van der Waals surface area contributed by atoms with Gasteiger partial charge < -0.3 is 10.4 Å². The van der Waals surface area contributed by atoms with Crippen molar-refractivity contribution in [3.05, 3.63) is 28.8 Å². The van der Waals surface area contributed by atoms with Gasteiger partial charge in [0.2, 0.25) is 0 Å². The first-order valence-electron chi connectivity index (χ1n) is 5.06. The SMILES string of the molecule is CC(CO)CNc1cc(C(F)(F)F)ccc1Cl. The molecule has 0 amide bonds. The lowest BCUT2D eigenvalue weighted by atomic mass is 10.1. The van der Waals surface area contributed by atoms with Gasteiger partial charge in [-0.1, -0.05) is 18.5 Å². The van der Waals surface area contributed by atoms with Crippen LogP contribution in [0.15, 0.2) is 18.2 Å². The standard InChI is InChI=1S/C11H13ClF3NO/c1-7(6-17)5-16-10-4-8(11(13,14)15)2-3-9(10)12/h2-4,7,16-17H,5-6H2,1H3. The fourth-order valence-corrected chi connectivity index (χ4v) is 1.37. The van der Waals surface area contributed by atoms with Crippen molar-refractivity contribution < 1.29 is 18.3 Å². The smallest absolute Gasteiger partial charge is 0.396 e. The van der Waals surface area contributed by atoms with Crippen LogP contribution in [0, 0.1) is 5.92 Å². The Morgan fingerprint density at radius 1 is 1.41 bits per heavy atom. The number of aliphatic hydroxyl groups is 1. The zero-order valence-electron chi connectivity index (χ0n) is 9.18. The number of anilines is 1. The molecule has 1 unspecified atom stereocenters. The summed E-state index contributed by atoms with van der Waals surface area (Å²) in [6, 6.07) is 3.10. The van der Waals surface area contributed by atoms with Crippen LogP contribution in [-0.4, -0.2) is 18.3 Å². The third-order valence-electron chi connectivity index (χ3n) is 2.25. The van der Waals surface area contributed by atoms with Crippen molar-refractivity contribution >= 4 is 17.3 Å². The van der Waals surface area contributed by atoms with E-state index in [4.69, 9.17) is 16.7 Å². The Morgan fingerprint density at radius 3 is 2.59 bits per heavy atom. The van der Waals surface area contributed by atoms with Crippen molar-refractivity contribution in [3.8, 4) is 0 Å². The summed E-state index contributed by atoms with van der Waals surface area (Å²) in [6.07, 6.45) is -4.39. The largest absolute Gasteiger partial charge is 0.416 e. The van der Waals surface area contributed by atoms with Gasteiger partial charge in [0.1, 0.15) is 0 Å². The van der Waals surface area contributed by atoms with E-state index >= 15 is 0 Å². The molecular weight excluding hydrogens is 255 g/mol. The van der Waals surface area contributed by atoms with Crippen LogP contribution in [0.5, 0.6) is 0 Å². The van der Waals surface area contributed by atoms with Gasteiger partial charge in [-0.15, -0.1) is 0 Å². The van der Waals surface area contributed by atoms with E-state index < -0.39 is 11.7 Å². The Morgan fingerprint density at radius 2 is 2.06 bits per heavy atom. The van der Waals surface area contributed by atoms with E-state index in [0.717, 1.165) is 12.1 Å². The molecule has 2 N–H and O–H groups in total. The molecule has 1 atom stereocenters. The molecule has 0 heterocycles. The number of hydrogen-bond donors (Lipinski definition) is 2. The highest BCUT2D eigenvalue weighted by molar-refractivity contribution is 6.33. The highest BCUT2D eigenvalue weighted by atomic mass is 35.5. The summed E-state index contributed by atoms with van der Waals surface area (Å²) in [7, 11) is 0. The first kappa shape index (κ1) is 14.1. The Balaban J connectivity index is 2.84. The number of alkyl halides is 3. The van der Waals surface area contributed by atoms with E-state index in [1.165, 1.54) is 6.07 Å². The summed E-state index contributed by atoms with van der Waals surface area (Å²) >= 11 is 5.78. The molecule has 1 aromatic rings. The molecule has 0 aromatic heterocycles. The number of rotatable bonds is 4. The quantitative estimate of drug-likeness (QED) is 0.876. The molecule has 0 saturated carbocycles. The highest BCUT2D eigenvalue weighted by Gasteiger charge is 2.30. The van der Waals surface area contributed by atoms with Crippen LogP contribution in [0.25, 0.3) is 0 Å². The molecule has 1 rings (SSSR count). The molecule has 0 aliphatic carbocycles. The summed E-state index contributed by atoms with van der Waals surface area (Å²) in [5.41, 5.74) is -0.525. The fourth-order valence-electron chi connectivity index (χ4n) is 1.19. The monoisotopic (exact) mass is 267 g/mol. The summed E-state index contributed by atoms with van der Waals surface area (Å²) in [4.78, 5) is 0. The van der Waals surface area contributed by atoms with Gasteiger partial charge in [-0.2, -0.15) is 13.2 Å². The summed E-state index contributed by atoms with van der Waals surface area (Å²) in [6.45, 7) is 2.09. The normalized spacial score (nSPS) is 13.5. The molecule has 0 fully saturated rings. The van der Waals surface area contributed by atoms with Gasteiger partial charge in [0.25, 0.3) is 0 Å². The Bertz CT molecular complexity index is 381. The summed E-state index contributed by atoms with van der Waals surface area (Å²) in [5, 5.41) is 11.8. The van der Waals surface area contributed by atoms with Crippen LogP contribution in [-0.2, 0) is 6.18 Å². The highest BCUT2D eigenvalue weighted by Crippen LogP contribution is 2.33. The second kappa shape index (κ2) is 5.60. The van der Waals surface area contributed by atoms with Crippen molar-refractivity contribution in [3.63, 3.8) is 0 Å². The average Bonchev–Trinajstić information content (AvgIpc) is 2.26. The maximum Gasteiger partial charge on any atom is 0.416 e. The Hall–Kier alpha value is -0.940. The van der Waals surface area contributed by atoms with E-state index in [-0.39, 0.29) is 23.2 Å². The number of halogens is 4. The second-order valence-corrected chi connectivity index (χ2v) is 4.27. The first-order chi connectivity index (χ1) is 7.84. The van der Waals surface area contributed by atoms with Crippen LogP contribution >= 0.6 is 11.6 Å². The molecule has 0 saturated heterocycles. The van der Waals surface area contributed by atoms with Crippen LogP contribution < -0.4 is 5.32 Å². The Labute approximate surface area is 102 Å². The molecule has 0 aliphatic heterocycles. The van der Waals surface area contributed by atoms with E-state index in [0.29, 0.717) is 6.54 Å². The lowest BCUT2D eigenvalue weighted by Gasteiger charge is -2.14. The summed E-state index contributed by atoms with van der Waals surface area (Å²) < 4.78 is 37.4. The van der Waals surface area contributed by atoms with Gasteiger partial charge in [-0.3, -0.25) is 0 Å². The van der Waals surface area contributed by atoms with Crippen LogP contribution in [0.3, 0.4) is 0 Å². The first-order valence-corrected chi connectivity index (χ1v) is 5.44. The van der Waals surface area contributed by atoms with Gasteiger partial charge in [0, 0.05) is 13.2 Å². The van der Waals surface area contributed by atoms with Crippen LogP contribution in [0.2, 0.25) is 5.02 Å².